The molecule has 2 rings (SSSR count). The van der Waals surface area contributed by atoms with Crippen molar-refractivity contribution in [3.05, 3.63) is 18.2 Å². The molecule has 2 heterocycles. The first-order chi connectivity index (χ1) is 8.79. The van der Waals surface area contributed by atoms with Gasteiger partial charge in [-0.2, -0.15) is 0 Å². The molecule has 1 saturated heterocycles. The van der Waals surface area contributed by atoms with Crippen LogP contribution in [0.2, 0.25) is 0 Å². The van der Waals surface area contributed by atoms with Crippen molar-refractivity contribution in [2.75, 3.05) is 33.2 Å². The molecule has 4 nitrogen and oxygen atoms in total. The number of nitrogens with zero attached hydrogens (tertiary/aromatic N) is 4. The topological polar surface area (TPSA) is 24.3 Å². The molecule has 0 spiro atoms. The van der Waals surface area contributed by atoms with Crippen LogP contribution in [0, 0.1) is 0 Å². The Balaban J connectivity index is 1.72. The van der Waals surface area contributed by atoms with Crippen LogP contribution in [0.15, 0.2) is 12.5 Å². The number of rotatable bonds is 6. The largest absolute Gasteiger partial charge is 0.334 e. The Morgan fingerprint density at radius 1 is 1.28 bits per heavy atom. The lowest BCUT2D eigenvalue weighted by molar-refractivity contribution is 0.192. The molecule has 0 amide bonds. The maximum Gasteiger partial charge on any atom is 0.0948 e. The van der Waals surface area contributed by atoms with Gasteiger partial charge in [0.15, 0.2) is 0 Å². The highest BCUT2D eigenvalue weighted by atomic mass is 15.2. The number of hydrogen-bond acceptors (Lipinski definition) is 3. The standard InChI is InChI=1S/C14H26N4/c1-3-18-13-15-11-14(18)12-16(2)9-10-17-7-5-4-6-8-17/h11,13H,3-10,12H2,1-2H3. The molecule has 102 valence electrons. The van der Waals surface area contributed by atoms with Crippen molar-refractivity contribution >= 4 is 0 Å². The van der Waals surface area contributed by atoms with E-state index in [1.807, 2.05) is 12.5 Å². The van der Waals surface area contributed by atoms with E-state index in [1.54, 1.807) is 0 Å². The Morgan fingerprint density at radius 2 is 2.06 bits per heavy atom. The van der Waals surface area contributed by atoms with E-state index in [4.69, 9.17) is 0 Å². The number of likely N-dealkylation sites (tertiary alicyclic amines) is 1. The predicted molar refractivity (Wildman–Crippen MR) is 74.5 cm³/mol. The summed E-state index contributed by atoms with van der Waals surface area (Å²) in [4.78, 5) is 9.22. The first-order valence-corrected chi connectivity index (χ1v) is 7.19. The van der Waals surface area contributed by atoms with Crippen LogP contribution in [0.25, 0.3) is 0 Å². The highest BCUT2D eigenvalue weighted by Gasteiger charge is 2.11. The van der Waals surface area contributed by atoms with Crippen LogP contribution in [0.3, 0.4) is 0 Å². The van der Waals surface area contributed by atoms with Crippen molar-refractivity contribution < 1.29 is 0 Å². The molecule has 0 bridgehead atoms. The molecule has 1 fully saturated rings. The third kappa shape index (κ3) is 3.82. The molecule has 1 aromatic rings. The molecule has 1 aliphatic rings. The lowest BCUT2D eigenvalue weighted by Crippen LogP contribution is -2.36. The number of aryl methyl sites for hydroxylation is 1. The summed E-state index contributed by atoms with van der Waals surface area (Å²) >= 11 is 0. The second-order valence-corrected chi connectivity index (χ2v) is 5.31. The number of hydrogen-bond donors (Lipinski definition) is 0. The summed E-state index contributed by atoms with van der Waals surface area (Å²) in [5.41, 5.74) is 1.32. The summed E-state index contributed by atoms with van der Waals surface area (Å²) in [5, 5.41) is 0. The Kier molecular flexibility index (Phi) is 5.20. The number of likely N-dealkylation sites (N-methyl/N-ethyl adjacent to an activating group) is 1. The molecule has 1 aromatic heterocycles. The Morgan fingerprint density at radius 3 is 2.78 bits per heavy atom. The molecule has 18 heavy (non-hydrogen) atoms. The third-order valence-electron chi connectivity index (χ3n) is 3.82. The Labute approximate surface area is 111 Å². The van der Waals surface area contributed by atoms with Crippen molar-refractivity contribution in [1.29, 1.82) is 0 Å². The predicted octanol–water partition coefficient (Wildman–Crippen LogP) is 1.82. The molecular weight excluding hydrogens is 224 g/mol. The summed E-state index contributed by atoms with van der Waals surface area (Å²) in [7, 11) is 2.21. The summed E-state index contributed by atoms with van der Waals surface area (Å²) in [6.45, 7) is 9.11. The van der Waals surface area contributed by atoms with Gasteiger partial charge in [0.05, 0.1) is 12.0 Å². The fourth-order valence-corrected chi connectivity index (χ4v) is 2.62. The van der Waals surface area contributed by atoms with Crippen LogP contribution in [-0.4, -0.2) is 52.6 Å². The SMILES string of the molecule is CCn1cncc1CN(C)CCN1CCCCC1. The third-order valence-corrected chi connectivity index (χ3v) is 3.82. The number of piperidine rings is 1. The Bertz CT molecular complexity index is 341. The lowest BCUT2D eigenvalue weighted by Gasteiger charge is -2.28. The van der Waals surface area contributed by atoms with Crippen LogP contribution < -0.4 is 0 Å². The van der Waals surface area contributed by atoms with Gasteiger partial charge in [-0.1, -0.05) is 6.42 Å². The lowest BCUT2D eigenvalue weighted by atomic mass is 10.1. The maximum absolute atomic E-state index is 4.22. The summed E-state index contributed by atoms with van der Waals surface area (Å²) in [6, 6.07) is 0. The number of aromatic nitrogens is 2. The molecular formula is C14H26N4. The van der Waals surface area contributed by atoms with E-state index >= 15 is 0 Å². The first-order valence-electron chi connectivity index (χ1n) is 7.19. The summed E-state index contributed by atoms with van der Waals surface area (Å²) < 4.78 is 2.22. The zero-order valence-electron chi connectivity index (χ0n) is 11.8. The minimum Gasteiger partial charge on any atom is -0.334 e. The summed E-state index contributed by atoms with van der Waals surface area (Å²) in [6.07, 6.45) is 8.09. The zero-order valence-corrected chi connectivity index (χ0v) is 11.8. The smallest absolute Gasteiger partial charge is 0.0948 e. The van der Waals surface area contributed by atoms with E-state index in [9.17, 15) is 0 Å². The van der Waals surface area contributed by atoms with Gasteiger partial charge in [0.25, 0.3) is 0 Å². The van der Waals surface area contributed by atoms with Gasteiger partial charge in [0, 0.05) is 32.4 Å². The van der Waals surface area contributed by atoms with E-state index in [0.29, 0.717) is 0 Å². The van der Waals surface area contributed by atoms with Crippen LogP contribution in [0.4, 0.5) is 0 Å². The van der Waals surface area contributed by atoms with Gasteiger partial charge in [0.1, 0.15) is 0 Å². The normalized spacial score (nSPS) is 17.5. The second-order valence-electron chi connectivity index (χ2n) is 5.31. The van der Waals surface area contributed by atoms with Crippen LogP contribution in [-0.2, 0) is 13.1 Å². The minimum atomic E-state index is 1.00. The second kappa shape index (κ2) is 6.90. The zero-order chi connectivity index (χ0) is 12.8. The van der Waals surface area contributed by atoms with Gasteiger partial charge in [-0.15, -0.1) is 0 Å². The van der Waals surface area contributed by atoms with Crippen LogP contribution in [0.1, 0.15) is 31.9 Å². The highest BCUT2D eigenvalue weighted by molar-refractivity contribution is 4.97. The molecule has 0 atom stereocenters. The monoisotopic (exact) mass is 250 g/mol. The van der Waals surface area contributed by atoms with Gasteiger partial charge in [-0.3, -0.25) is 4.90 Å². The van der Waals surface area contributed by atoms with E-state index in [1.165, 1.54) is 44.6 Å². The van der Waals surface area contributed by atoms with Gasteiger partial charge in [0.2, 0.25) is 0 Å². The molecule has 0 aliphatic carbocycles. The molecule has 0 saturated carbocycles. The first kappa shape index (κ1) is 13.6. The van der Waals surface area contributed by atoms with Crippen LogP contribution >= 0.6 is 0 Å². The van der Waals surface area contributed by atoms with Gasteiger partial charge >= 0.3 is 0 Å². The molecule has 0 aromatic carbocycles. The van der Waals surface area contributed by atoms with Crippen molar-refractivity contribution in [2.45, 2.75) is 39.3 Å². The molecule has 0 radical (unpaired) electrons. The van der Waals surface area contributed by atoms with E-state index in [2.05, 4.69) is 33.3 Å². The average molecular weight is 250 g/mol. The quantitative estimate of drug-likeness (QED) is 0.770. The molecule has 0 N–H and O–H groups in total. The summed E-state index contributed by atoms with van der Waals surface area (Å²) in [5.74, 6) is 0. The van der Waals surface area contributed by atoms with Crippen molar-refractivity contribution in [1.82, 2.24) is 19.4 Å². The minimum absolute atomic E-state index is 1.00. The van der Waals surface area contributed by atoms with Gasteiger partial charge in [-0.25, -0.2) is 4.98 Å². The average Bonchev–Trinajstić information content (AvgIpc) is 2.85. The molecule has 4 heteroatoms. The van der Waals surface area contributed by atoms with Gasteiger partial charge in [-0.05, 0) is 39.9 Å². The Hall–Kier alpha value is -0.870. The fourth-order valence-electron chi connectivity index (χ4n) is 2.62. The van der Waals surface area contributed by atoms with Gasteiger partial charge < -0.3 is 9.47 Å². The maximum atomic E-state index is 4.22. The number of imidazole rings is 1. The highest BCUT2D eigenvalue weighted by Crippen LogP contribution is 2.08. The van der Waals surface area contributed by atoms with Crippen molar-refractivity contribution in [3.63, 3.8) is 0 Å². The molecule has 0 unspecified atom stereocenters. The molecule has 1 aliphatic heterocycles. The fraction of sp³-hybridized carbons (Fsp3) is 0.786. The van der Waals surface area contributed by atoms with Crippen molar-refractivity contribution in [2.24, 2.45) is 0 Å². The van der Waals surface area contributed by atoms with E-state index in [0.717, 1.165) is 19.6 Å². The van der Waals surface area contributed by atoms with Crippen molar-refractivity contribution in [3.8, 4) is 0 Å². The van der Waals surface area contributed by atoms with E-state index in [-0.39, 0.29) is 0 Å². The van der Waals surface area contributed by atoms with E-state index < -0.39 is 0 Å². The van der Waals surface area contributed by atoms with Crippen LogP contribution in [0.5, 0.6) is 0 Å².